The summed E-state index contributed by atoms with van der Waals surface area (Å²) in [6.07, 6.45) is 0. The molecular formula is C11H11BrN4OS. The Bertz CT molecular complexity index is 558. The number of carbonyl (C=O) groups excluding carboxylic acids is 1. The molecule has 1 aromatic rings. The van der Waals surface area contributed by atoms with Gasteiger partial charge in [0.15, 0.2) is 10.8 Å². The Morgan fingerprint density at radius 1 is 1.56 bits per heavy atom. The van der Waals surface area contributed by atoms with Crippen LogP contribution in [-0.2, 0) is 4.79 Å². The number of fused-ring (bicyclic) bond motifs is 1. The first-order valence-corrected chi connectivity index (χ1v) is 6.38. The molecule has 1 amide bonds. The first-order valence-electron chi connectivity index (χ1n) is 5.18. The second-order valence-corrected chi connectivity index (χ2v) is 4.97. The molecule has 0 radical (unpaired) electrons. The quantitative estimate of drug-likeness (QED) is 0.607. The van der Waals surface area contributed by atoms with Gasteiger partial charge in [-0.2, -0.15) is 5.10 Å². The van der Waals surface area contributed by atoms with Crippen molar-refractivity contribution in [1.82, 2.24) is 10.3 Å². The summed E-state index contributed by atoms with van der Waals surface area (Å²) >= 11 is 8.42. The molecule has 18 heavy (non-hydrogen) atoms. The lowest BCUT2D eigenvalue weighted by Crippen LogP contribution is -2.32. The average molecular weight is 327 g/mol. The number of nitrogens with one attached hydrogen (secondary N) is 2. The molecule has 2 rings (SSSR count). The van der Waals surface area contributed by atoms with Gasteiger partial charge < -0.3 is 10.6 Å². The van der Waals surface area contributed by atoms with Crippen molar-refractivity contribution in [3.05, 3.63) is 28.2 Å². The van der Waals surface area contributed by atoms with Crippen molar-refractivity contribution in [2.24, 2.45) is 5.10 Å². The number of halogens is 1. The van der Waals surface area contributed by atoms with Gasteiger partial charge in [0, 0.05) is 24.1 Å². The van der Waals surface area contributed by atoms with Crippen molar-refractivity contribution >= 4 is 50.6 Å². The Morgan fingerprint density at radius 3 is 2.94 bits per heavy atom. The molecule has 0 saturated carbocycles. The molecule has 7 heteroatoms. The molecule has 94 valence electrons. The predicted octanol–water partition coefficient (Wildman–Crippen LogP) is 1.54. The Morgan fingerprint density at radius 2 is 2.28 bits per heavy atom. The summed E-state index contributed by atoms with van der Waals surface area (Å²) in [6, 6.07) is 5.54. The van der Waals surface area contributed by atoms with Crippen molar-refractivity contribution in [2.45, 2.75) is 0 Å². The number of hydrogen-bond donors (Lipinski definition) is 2. The van der Waals surface area contributed by atoms with E-state index in [1.54, 1.807) is 14.1 Å². The maximum absolute atomic E-state index is 11.8. The minimum Gasteiger partial charge on any atom is -0.364 e. The molecule has 5 nitrogen and oxygen atoms in total. The predicted molar refractivity (Wildman–Crippen MR) is 78.7 cm³/mol. The highest BCUT2D eigenvalue weighted by Crippen LogP contribution is 2.26. The van der Waals surface area contributed by atoms with Gasteiger partial charge >= 0.3 is 0 Å². The molecule has 0 spiro atoms. The van der Waals surface area contributed by atoms with E-state index in [-0.39, 0.29) is 5.91 Å². The van der Waals surface area contributed by atoms with Crippen LogP contribution in [0.15, 0.2) is 27.8 Å². The first kappa shape index (κ1) is 13.0. The van der Waals surface area contributed by atoms with Gasteiger partial charge in [-0.15, -0.1) is 0 Å². The molecular weight excluding hydrogens is 316 g/mol. The Labute approximate surface area is 118 Å². The maximum Gasteiger partial charge on any atom is 0.276 e. The van der Waals surface area contributed by atoms with Gasteiger partial charge in [-0.3, -0.25) is 4.79 Å². The molecule has 0 bridgehead atoms. The highest BCUT2D eigenvalue weighted by molar-refractivity contribution is 9.10. The Hall–Kier alpha value is -1.47. The Kier molecular flexibility index (Phi) is 3.63. The zero-order chi connectivity index (χ0) is 13.3. The average Bonchev–Trinajstić information content (AvgIpc) is 2.65. The van der Waals surface area contributed by atoms with Crippen LogP contribution in [0.3, 0.4) is 0 Å². The normalized spacial score (nSPS) is 15.3. The molecule has 0 atom stereocenters. The lowest BCUT2D eigenvalue weighted by Gasteiger charge is -2.13. The van der Waals surface area contributed by atoms with E-state index in [4.69, 9.17) is 12.2 Å². The topological polar surface area (TPSA) is 56.7 Å². The zero-order valence-electron chi connectivity index (χ0n) is 9.82. The fourth-order valence-electron chi connectivity index (χ4n) is 1.58. The molecule has 1 heterocycles. The summed E-state index contributed by atoms with van der Waals surface area (Å²) in [7, 11) is 3.40. The van der Waals surface area contributed by atoms with Crippen LogP contribution in [0.5, 0.6) is 0 Å². The number of nitrogens with zero attached hydrogens (tertiary/aromatic N) is 2. The van der Waals surface area contributed by atoms with Crippen LogP contribution in [0.25, 0.3) is 0 Å². The van der Waals surface area contributed by atoms with Crippen molar-refractivity contribution < 1.29 is 4.79 Å². The van der Waals surface area contributed by atoms with Crippen LogP contribution < -0.4 is 10.6 Å². The standard InChI is InChI=1S/C11H11BrN4OS/c1-13-11(18)16(2)15-9-7-5-6(12)3-4-8(7)14-10(9)17/h3-5H,1-2H3,(H,13,18)(H,14,15,17). The maximum atomic E-state index is 11.8. The van der Waals surface area contributed by atoms with E-state index in [2.05, 4.69) is 31.7 Å². The summed E-state index contributed by atoms with van der Waals surface area (Å²) in [5.41, 5.74) is 1.87. The minimum absolute atomic E-state index is 0.228. The van der Waals surface area contributed by atoms with Gasteiger partial charge in [0.2, 0.25) is 0 Å². The van der Waals surface area contributed by atoms with E-state index in [0.717, 1.165) is 15.7 Å². The van der Waals surface area contributed by atoms with Gasteiger partial charge in [-0.25, -0.2) is 5.01 Å². The summed E-state index contributed by atoms with van der Waals surface area (Å²) < 4.78 is 0.893. The third-order valence-electron chi connectivity index (χ3n) is 2.46. The third kappa shape index (κ3) is 2.37. The van der Waals surface area contributed by atoms with Crippen LogP contribution in [0.1, 0.15) is 5.56 Å². The van der Waals surface area contributed by atoms with Crippen LogP contribution in [0.2, 0.25) is 0 Å². The van der Waals surface area contributed by atoms with E-state index in [1.807, 2.05) is 18.2 Å². The molecule has 0 fully saturated rings. The number of hydrazone groups is 1. The molecule has 0 unspecified atom stereocenters. The number of carbonyl (C=O) groups is 1. The van der Waals surface area contributed by atoms with Crippen LogP contribution in [-0.4, -0.2) is 35.8 Å². The zero-order valence-corrected chi connectivity index (χ0v) is 12.2. The van der Waals surface area contributed by atoms with Gasteiger partial charge in [-0.1, -0.05) is 15.9 Å². The number of anilines is 1. The van der Waals surface area contributed by atoms with Gasteiger partial charge in [0.25, 0.3) is 5.91 Å². The van der Waals surface area contributed by atoms with Gasteiger partial charge in [0.05, 0.1) is 5.69 Å². The lowest BCUT2D eigenvalue weighted by atomic mass is 10.1. The highest BCUT2D eigenvalue weighted by atomic mass is 79.9. The Balaban J connectivity index is 2.41. The molecule has 0 aromatic heterocycles. The monoisotopic (exact) mass is 326 g/mol. The molecule has 0 saturated heterocycles. The van der Waals surface area contributed by atoms with E-state index in [1.165, 1.54) is 5.01 Å². The molecule has 2 N–H and O–H groups in total. The van der Waals surface area contributed by atoms with Crippen molar-refractivity contribution in [3.63, 3.8) is 0 Å². The SMILES string of the molecule is CNC(=S)N(C)N=C1C(=O)Nc2ccc(Br)cc21. The summed E-state index contributed by atoms with van der Waals surface area (Å²) in [4.78, 5) is 11.8. The third-order valence-corrected chi connectivity index (χ3v) is 3.42. The minimum atomic E-state index is -0.228. The van der Waals surface area contributed by atoms with E-state index in [9.17, 15) is 4.79 Å². The summed E-state index contributed by atoms with van der Waals surface area (Å²) in [5, 5.41) is 11.7. The van der Waals surface area contributed by atoms with Crippen molar-refractivity contribution in [2.75, 3.05) is 19.4 Å². The van der Waals surface area contributed by atoms with E-state index < -0.39 is 0 Å². The van der Waals surface area contributed by atoms with Gasteiger partial charge in [-0.05, 0) is 30.4 Å². The van der Waals surface area contributed by atoms with Gasteiger partial charge in [0.1, 0.15) is 0 Å². The molecule has 0 aliphatic carbocycles. The molecule has 1 aromatic carbocycles. The fourth-order valence-corrected chi connectivity index (χ4v) is 1.98. The second-order valence-electron chi connectivity index (χ2n) is 3.67. The van der Waals surface area contributed by atoms with Crippen molar-refractivity contribution in [1.29, 1.82) is 0 Å². The van der Waals surface area contributed by atoms with E-state index >= 15 is 0 Å². The summed E-state index contributed by atoms with van der Waals surface area (Å²) in [6.45, 7) is 0. The second kappa shape index (κ2) is 5.03. The number of rotatable bonds is 1. The number of amides is 1. The van der Waals surface area contributed by atoms with Crippen molar-refractivity contribution in [3.8, 4) is 0 Å². The number of hydrogen-bond acceptors (Lipinski definition) is 3. The number of thiocarbonyl (C=S) groups is 1. The molecule has 1 aliphatic heterocycles. The molecule has 1 aliphatic rings. The van der Waals surface area contributed by atoms with Crippen LogP contribution in [0.4, 0.5) is 5.69 Å². The first-order chi connectivity index (χ1) is 8.52. The van der Waals surface area contributed by atoms with Crippen LogP contribution >= 0.6 is 28.1 Å². The smallest absolute Gasteiger partial charge is 0.276 e. The van der Waals surface area contributed by atoms with Crippen LogP contribution in [0, 0.1) is 0 Å². The fraction of sp³-hybridized carbons (Fsp3) is 0.182. The lowest BCUT2D eigenvalue weighted by molar-refractivity contribution is -0.110. The van der Waals surface area contributed by atoms with E-state index in [0.29, 0.717) is 10.8 Å². The largest absolute Gasteiger partial charge is 0.364 e. The number of benzene rings is 1. The summed E-state index contributed by atoms with van der Waals surface area (Å²) in [5.74, 6) is -0.228. The highest BCUT2D eigenvalue weighted by Gasteiger charge is 2.27.